The van der Waals surface area contributed by atoms with E-state index in [-0.39, 0.29) is 11.1 Å². The average molecular weight is 276 g/mol. The van der Waals surface area contributed by atoms with Gasteiger partial charge in [0.2, 0.25) is 0 Å². The molecule has 1 heterocycles. The van der Waals surface area contributed by atoms with E-state index < -0.39 is 0 Å². The minimum atomic E-state index is -0.207. The molecule has 0 atom stereocenters. The largest absolute Gasteiger partial charge is 0.489 e. The zero-order valence-corrected chi connectivity index (χ0v) is 12.2. The summed E-state index contributed by atoms with van der Waals surface area (Å²) < 4.78 is 5.79. The third kappa shape index (κ3) is 2.75. The second kappa shape index (κ2) is 5.13. The molecule has 1 aromatic carbocycles. The number of nitrogens with one attached hydrogen (secondary N) is 1. The van der Waals surface area contributed by atoms with Crippen LogP contribution in [0.4, 0.5) is 5.69 Å². The molecule has 0 aliphatic heterocycles. The molecule has 0 saturated heterocycles. The summed E-state index contributed by atoms with van der Waals surface area (Å²) in [4.78, 5) is 20.4. The van der Waals surface area contributed by atoms with E-state index >= 15 is 0 Å². The zero-order valence-electron chi connectivity index (χ0n) is 12.2. The maximum absolute atomic E-state index is 11.7. The number of fused-ring (bicyclic) bond motifs is 1. The van der Waals surface area contributed by atoms with Crippen LogP contribution in [-0.4, -0.2) is 41.1 Å². The van der Waals surface area contributed by atoms with Gasteiger partial charge in [-0.1, -0.05) is 0 Å². The van der Waals surface area contributed by atoms with Gasteiger partial charge in [-0.05, 0) is 34.0 Å². The number of likely N-dealkylation sites (N-methyl/N-ethyl adjacent to an activating group) is 1. The van der Waals surface area contributed by atoms with Crippen molar-refractivity contribution in [3.8, 4) is 5.75 Å². The molecule has 0 aliphatic carbocycles. The summed E-state index contributed by atoms with van der Waals surface area (Å²) in [6.07, 6.45) is 1.37. The summed E-state index contributed by atoms with van der Waals surface area (Å²) in [6, 6.07) is 3.30. The summed E-state index contributed by atoms with van der Waals surface area (Å²) in [5.41, 5.74) is 6.62. The fraction of sp³-hybridized carbons (Fsp3) is 0.429. The van der Waals surface area contributed by atoms with Crippen LogP contribution >= 0.6 is 0 Å². The molecule has 0 radical (unpaired) electrons. The number of nitrogen functional groups attached to an aromatic ring is 1. The Bertz CT molecular complexity index is 676. The minimum Gasteiger partial charge on any atom is -0.489 e. The first kappa shape index (κ1) is 14.3. The van der Waals surface area contributed by atoms with Crippen molar-refractivity contribution in [2.75, 3.05) is 26.4 Å². The first-order chi connectivity index (χ1) is 9.31. The Morgan fingerprint density at radius 3 is 2.75 bits per heavy atom. The van der Waals surface area contributed by atoms with Gasteiger partial charge in [-0.3, -0.25) is 4.79 Å². The minimum absolute atomic E-state index is 0.122. The highest BCUT2D eigenvalue weighted by atomic mass is 16.5. The molecule has 0 fully saturated rings. The third-order valence-corrected chi connectivity index (χ3v) is 3.56. The number of benzene rings is 1. The lowest BCUT2D eigenvalue weighted by atomic mass is 10.1. The van der Waals surface area contributed by atoms with Crippen LogP contribution in [0.25, 0.3) is 10.9 Å². The van der Waals surface area contributed by atoms with Gasteiger partial charge in [0.25, 0.3) is 5.56 Å². The van der Waals surface area contributed by atoms with Gasteiger partial charge in [-0.2, -0.15) is 0 Å². The summed E-state index contributed by atoms with van der Waals surface area (Å²) >= 11 is 0. The monoisotopic (exact) mass is 276 g/mol. The highest BCUT2D eigenvalue weighted by Crippen LogP contribution is 2.26. The number of aromatic nitrogens is 2. The maximum atomic E-state index is 11.7. The lowest BCUT2D eigenvalue weighted by Crippen LogP contribution is -2.43. The molecule has 6 nitrogen and oxygen atoms in total. The molecular formula is C14H20N4O2. The van der Waals surface area contributed by atoms with E-state index in [1.54, 1.807) is 12.1 Å². The number of hydrogen-bond donors (Lipinski definition) is 2. The van der Waals surface area contributed by atoms with Crippen LogP contribution in [0.3, 0.4) is 0 Å². The fourth-order valence-corrected chi connectivity index (χ4v) is 1.62. The predicted octanol–water partition coefficient (Wildman–Crippen LogP) is 1.22. The number of H-pyrrole nitrogens is 1. The van der Waals surface area contributed by atoms with Crippen LogP contribution in [0.5, 0.6) is 5.75 Å². The van der Waals surface area contributed by atoms with Crippen LogP contribution < -0.4 is 16.0 Å². The second-order valence-electron chi connectivity index (χ2n) is 5.63. The average Bonchev–Trinajstić information content (AvgIpc) is 2.37. The maximum Gasteiger partial charge on any atom is 0.258 e. The number of anilines is 1. The third-order valence-electron chi connectivity index (χ3n) is 3.56. The molecule has 1 aromatic heterocycles. The molecule has 3 N–H and O–H groups in total. The van der Waals surface area contributed by atoms with E-state index in [0.29, 0.717) is 28.9 Å². The topological polar surface area (TPSA) is 84.2 Å². The summed E-state index contributed by atoms with van der Waals surface area (Å²) in [5.74, 6) is 0.547. The van der Waals surface area contributed by atoms with Gasteiger partial charge in [0, 0.05) is 11.6 Å². The van der Waals surface area contributed by atoms with E-state index in [4.69, 9.17) is 10.5 Å². The molecule has 0 saturated carbocycles. The SMILES string of the molecule is CN(C)C(C)(C)COc1cc2nc[nH]c(=O)c2cc1N. The lowest BCUT2D eigenvalue weighted by molar-refractivity contribution is 0.114. The van der Waals surface area contributed by atoms with Gasteiger partial charge in [-0.15, -0.1) is 0 Å². The standard InChI is InChI=1S/C14H20N4O2/c1-14(2,18(3)4)7-20-12-6-11-9(5-10(12)15)13(19)17-8-16-11/h5-6,8H,7,15H2,1-4H3,(H,16,17,19). The van der Waals surface area contributed by atoms with Crippen LogP contribution in [-0.2, 0) is 0 Å². The van der Waals surface area contributed by atoms with Gasteiger partial charge in [-0.25, -0.2) is 4.98 Å². The van der Waals surface area contributed by atoms with Gasteiger partial charge in [0.1, 0.15) is 12.4 Å². The summed E-state index contributed by atoms with van der Waals surface area (Å²) in [5, 5.41) is 0.462. The smallest absolute Gasteiger partial charge is 0.258 e. The van der Waals surface area contributed by atoms with E-state index in [1.807, 2.05) is 14.1 Å². The van der Waals surface area contributed by atoms with Gasteiger partial charge in [0.15, 0.2) is 0 Å². The molecule has 2 aromatic rings. The molecule has 0 amide bonds. The summed E-state index contributed by atoms with van der Waals surface area (Å²) in [7, 11) is 3.99. The second-order valence-corrected chi connectivity index (χ2v) is 5.63. The first-order valence-corrected chi connectivity index (χ1v) is 6.38. The van der Waals surface area contributed by atoms with E-state index in [2.05, 4.69) is 28.7 Å². The number of nitrogens with two attached hydrogens (primary N) is 1. The molecular weight excluding hydrogens is 256 g/mol. The van der Waals surface area contributed by atoms with Gasteiger partial charge in [0.05, 0.1) is 22.9 Å². The molecule has 2 rings (SSSR count). The molecule has 0 bridgehead atoms. The lowest BCUT2D eigenvalue weighted by Gasteiger charge is -2.32. The van der Waals surface area contributed by atoms with Crippen molar-refractivity contribution in [1.29, 1.82) is 0 Å². The van der Waals surface area contributed by atoms with Crippen LogP contribution in [0.15, 0.2) is 23.3 Å². The van der Waals surface area contributed by atoms with Gasteiger partial charge >= 0.3 is 0 Å². The molecule has 0 spiro atoms. The van der Waals surface area contributed by atoms with Crippen LogP contribution in [0.2, 0.25) is 0 Å². The van der Waals surface area contributed by atoms with Crippen LogP contribution in [0, 0.1) is 0 Å². The molecule has 0 unspecified atom stereocenters. The molecule has 20 heavy (non-hydrogen) atoms. The van der Waals surface area contributed by atoms with Crippen LogP contribution in [0.1, 0.15) is 13.8 Å². The summed E-state index contributed by atoms with van der Waals surface area (Å²) in [6.45, 7) is 4.64. The zero-order chi connectivity index (χ0) is 14.9. The Morgan fingerprint density at radius 1 is 1.40 bits per heavy atom. The highest BCUT2D eigenvalue weighted by Gasteiger charge is 2.22. The molecule has 0 aliphatic rings. The van der Waals surface area contributed by atoms with Crippen molar-refractivity contribution in [3.05, 3.63) is 28.8 Å². The number of ether oxygens (including phenoxy) is 1. The Morgan fingerprint density at radius 2 is 2.10 bits per heavy atom. The Balaban J connectivity index is 2.32. The Kier molecular flexibility index (Phi) is 3.67. The van der Waals surface area contributed by atoms with Gasteiger partial charge < -0.3 is 20.4 Å². The van der Waals surface area contributed by atoms with Crippen molar-refractivity contribution in [3.63, 3.8) is 0 Å². The number of nitrogens with zero attached hydrogens (tertiary/aromatic N) is 2. The normalized spacial score (nSPS) is 12.1. The Hall–Kier alpha value is -2.08. The number of rotatable bonds is 4. The molecule has 108 valence electrons. The first-order valence-electron chi connectivity index (χ1n) is 6.38. The van der Waals surface area contributed by atoms with E-state index in [9.17, 15) is 4.79 Å². The fourth-order valence-electron chi connectivity index (χ4n) is 1.62. The number of hydrogen-bond acceptors (Lipinski definition) is 5. The van der Waals surface area contributed by atoms with Crippen molar-refractivity contribution in [2.45, 2.75) is 19.4 Å². The van der Waals surface area contributed by atoms with Crippen molar-refractivity contribution >= 4 is 16.6 Å². The quantitative estimate of drug-likeness (QED) is 0.820. The Labute approximate surface area is 117 Å². The van der Waals surface area contributed by atoms with Crippen molar-refractivity contribution in [1.82, 2.24) is 14.9 Å². The van der Waals surface area contributed by atoms with Crippen molar-refractivity contribution < 1.29 is 4.74 Å². The number of aromatic amines is 1. The predicted molar refractivity (Wildman–Crippen MR) is 80.0 cm³/mol. The van der Waals surface area contributed by atoms with E-state index in [0.717, 1.165) is 0 Å². The highest BCUT2D eigenvalue weighted by molar-refractivity contribution is 5.84. The molecule has 6 heteroatoms. The van der Waals surface area contributed by atoms with Crippen molar-refractivity contribution in [2.24, 2.45) is 0 Å². The van der Waals surface area contributed by atoms with E-state index in [1.165, 1.54) is 6.33 Å².